The minimum Gasteiger partial charge on any atom is -0.389 e. The highest BCUT2D eigenvalue weighted by Gasteiger charge is 2.32. The van der Waals surface area contributed by atoms with Gasteiger partial charge in [0, 0.05) is 37.6 Å². The maximum atomic E-state index is 13.1. The molecule has 9 nitrogen and oxygen atoms in total. The average molecular weight is 540 g/mol. The number of carbonyl (C=O) groups is 2. The van der Waals surface area contributed by atoms with Gasteiger partial charge in [0.05, 0.1) is 15.9 Å². The second-order valence-corrected chi connectivity index (χ2v) is 10.4. The van der Waals surface area contributed by atoms with Gasteiger partial charge in [0.15, 0.2) is 0 Å². The fraction of sp³-hybridized carbons (Fsp3) is 0.269. The molecule has 2 amide bonds. The lowest BCUT2D eigenvalue weighted by molar-refractivity contribution is -0.133. The van der Waals surface area contributed by atoms with Crippen molar-refractivity contribution < 1.29 is 14.0 Å². The quantitative estimate of drug-likeness (QED) is 0.332. The summed E-state index contributed by atoms with van der Waals surface area (Å²) in [6.45, 7) is 5.56. The Bertz CT molecular complexity index is 1520. The zero-order chi connectivity index (χ0) is 26.7. The highest BCUT2D eigenvalue weighted by atomic mass is 35.5. The van der Waals surface area contributed by atoms with Crippen LogP contribution < -0.4 is 16.3 Å². The van der Waals surface area contributed by atoms with Crippen LogP contribution in [-0.4, -0.2) is 45.8 Å². The van der Waals surface area contributed by atoms with Gasteiger partial charge in [-0.05, 0) is 62.0 Å². The van der Waals surface area contributed by atoms with E-state index in [0.717, 1.165) is 5.69 Å². The summed E-state index contributed by atoms with van der Waals surface area (Å²) >= 11 is 7.28. The van der Waals surface area contributed by atoms with Crippen molar-refractivity contribution in [3.63, 3.8) is 0 Å². The minimum absolute atomic E-state index is 0.0736. The van der Waals surface area contributed by atoms with Crippen molar-refractivity contribution >= 4 is 57.4 Å². The number of nitrogens with zero attached hydrogens (tertiary/aromatic N) is 3. The van der Waals surface area contributed by atoms with Gasteiger partial charge in [-0.3, -0.25) is 14.6 Å². The molecule has 0 bridgehead atoms. The molecule has 3 heterocycles. The number of anilines is 2. The Morgan fingerprint density at radius 3 is 2.65 bits per heavy atom. The van der Waals surface area contributed by atoms with Crippen LogP contribution in [0.25, 0.3) is 10.9 Å². The van der Waals surface area contributed by atoms with Crippen molar-refractivity contribution in [3.8, 4) is 0 Å². The van der Waals surface area contributed by atoms with Gasteiger partial charge >= 0.3 is 5.63 Å². The number of rotatable bonds is 8. The monoisotopic (exact) mass is 539 g/mol. The molecule has 0 saturated carbocycles. The Morgan fingerprint density at radius 2 is 1.97 bits per heavy atom. The smallest absolute Gasteiger partial charge is 0.348 e. The second kappa shape index (κ2) is 10.7. The van der Waals surface area contributed by atoms with Crippen LogP contribution in [0.4, 0.5) is 11.7 Å². The van der Waals surface area contributed by atoms with E-state index in [1.807, 2.05) is 18.2 Å². The fourth-order valence-corrected chi connectivity index (χ4v) is 4.91. The van der Waals surface area contributed by atoms with Crippen LogP contribution in [0.1, 0.15) is 34.8 Å². The number of nitrogens with one attached hydrogen (secondary N) is 2. The number of benzene rings is 1. The first-order valence-electron chi connectivity index (χ1n) is 11.5. The summed E-state index contributed by atoms with van der Waals surface area (Å²) in [4.78, 5) is 49.3. The van der Waals surface area contributed by atoms with Gasteiger partial charge in [-0.2, -0.15) is 4.98 Å². The molecule has 0 radical (unpaired) electrons. The Balaban J connectivity index is 1.51. The van der Waals surface area contributed by atoms with Crippen molar-refractivity contribution in [3.05, 3.63) is 79.6 Å². The summed E-state index contributed by atoms with van der Waals surface area (Å²) < 4.78 is 5.43. The van der Waals surface area contributed by atoms with E-state index in [1.165, 1.54) is 11.3 Å². The molecular weight excluding hydrogens is 514 g/mol. The highest BCUT2D eigenvalue weighted by Crippen LogP contribution is 2.27. The molecule has 0 aliphatic rings. The van der Waals surface area contributed by atoms with E-state index >= 15 is 0 Å². The van der Waals surface area contributed by atoms with E-state index in [4.69, 9.17) is 16.0 Å². The predicted molar refractivity (Wildman–Crippen MR) is 146 cm³/mol. The molecule has 0 atom stereocenters. The molecule has 4 aromatic rings. The van der Waals surface area contributed by atoms with Gasteiger partial charge in [0.2, 0.25) is 5.91 Å². The van der Waals surface area contributed by atoms with Gasteiger partial charge < -0.3 is 20.0 Å². The zero-order valence-electron chi connectivity index (χ0n) is 20.8. The normalized spacial score (nSPS) is 11.4. The van der Waals surface area contributed by atoms with E-state index in [1.54, 1.807) is 62.5 Å². The van der Waals surface area contributed by atoms with Crippen LogP contribution in [-0.2, 0) is 11.2 Å². The molecule has 1 aromatic carbocycles. The number of pyridine rings is 1. The standard InChI is InChI=1S/C26H26ClN5O4S/c1-15-18(29-22(33)21-17(27)11-14-37-21)8-9-19-20(15)23(34)36-25(30-19)31-26(2,3)24(35)32(4)13-10-16-7-5-6-12-28-16/h5-9,11-12,14H,10,13H2,1-4H3,(H,29,33)(H,30,31). The molecule has 0 fully saturated rings. The Hall–Kier alpha value is -3.76. The SMILES string of the molecule is Cc1c(NC(=O)c2sccc2Cl)ccc2nc(NC(C)(C)C(=O)N(C)CCc3ccccn3)oc(=O)c12. The number of aryl methyl sites for hydroxylation is 1. The Labute approximate surface area is 222 Å². The van der Waals surface area contributed by atoms with Gasteiger partial charge in [0.25, 0.3) is 11.9 Å². The molecular formula is C26H26ClN5O4S. The fourth-order valence-electron chi connectivity index (χ4n) is 3.87. The summed E-state index contributed by atoms with van der Waals surface area (Å²) in [5.41, 5.74) is 0.479. The number of aromatic nitrogens is 2. The number of hydrogen-bond donors (Lipinski definition) is 2. The minimum atomic E-state index is -1.10. The molecule has 0 spiro atoms. The van der Waals surface area contributed by atoms with Crippen molar-refractivity contribution in [2.45, 2.75) is 32.7 Å². The van der Waals surface area contributed by atoms with E-state index in [0.29, 0.717) is 39.6 Å². The lowest BCUT2D eigenvalue weighted by Gasteiger charge is -2.30. The third kappa shape index (κ3) is 5.81. The van der Waals surface area contributed by atoms with Crippen molar-refractivity contribution in [2.75, 3.05) is 24.2 Å². The van der Waals surface area contributed by atoms with Crippen molar-refractivity contribution in [1.82, 2.24) is 14.9 Å². The average Bonchev–Trinajstić information content (AvgIpc) is 3.29. The van der Waals surface area contributed by atoms with Crippen LogP contribution >= 0.6 is 22.9 Å². The maximum Gasteiger partial charge on any atom is 0.348 e. The molecule has 0 saturated heterocycles. The highest BCUT2D eigenvalue weighted by molar-refractivity contribution is 7.12. The number of amides is 2. The van der Waals surface area contributed by atoms with Gasteiger partial charge in [-0.1, -0.05) is 17.7 Å². The topological polar surface area (TPSA) is 117 Å². The summed E-state index contributed by atoms with van der Waals surface area (Å²) in [5, 5.41) is 8.06. The molecule has 2 N–H and O–H groups in total. The third-order valence-electron chi connectivity index (χ3n) is 5.86. The molecule has 0 aliphatic heterocycles. The molecule has 4 rings (SSSR count). The first-order chi connectivity index (χ1) is 17.6. The molecule has 0 unspecified atom stereocenters. The molecule has 11 heteroatoms. The van der Waals surface area contributed by atoms with E-state index in [-0.39, 0.29) is 23.2 Å². The van der Waals surface area contributed by atoms with Crippen molar-refractivity contribution in [2.24, 2.45) is 0 Å². The van der Waals surface area contributed by atoms with Crippen LogP contribution in [0.2, 0.25) is 5.02 Å². The maximum absolute atomic E-state index is 13.1. The third-order valence-corrected chi connectivity index (χ3v) is 7.20. The predicted octanol–water partition coefficient (Wildman–Crippen LogP) is 4.75. The summed E-state index contributed by atoms with van der Waals surface area (Å²) in [6.07, 6.45) is 2.33. The first kappa shape index (κ1) is 26.3. The lowest BCUT2D eigenvalue weighted by Crippen LogP contribution is -2.49. The number of hydrogen-bond acceptors (Lipinski definition) is 8. The Morgan fingerprint density at radius 1 is 1.19 bits per heavy atom. The number of carbonyl (C=O) groups excluding carboxylic acids is 2. The van der Waals surface area contributed by atoms with Crippen LogP contribution in [0, 0.1) is 6.92 Å². The molecule has 192 valence electrons. The Kier molecular flexibility index (Phi) is 7.60. The number of thiophene rings is 1. The van der Waals surface area contributed by atoms with Crippen LogP contribution in [0.5, 0.6) is 0 Å². The van der Waals surface area contributed by atoms with Crippen LogP contribution in [0.3, 0.4) is 0 Å². The van der Waals surface area contributed by atoms with Gasteiger partial charge in [-0.25, -0.2) is 4.79 Å². The van der Waals surface area contributed by atoms with Crippen molar-refractivity contribution in [1.29, 1.82) is 0 Å². The van der Waals surface area contributed by atoms with Crippen LogP contribution in [0.15, 0.2) is 57.2 Å². The number of likely N-dealkylation sites (N-methyl/N-ethyl adjacent to an activating group) is 1. The zero-order valence-corrected chi connectivity index (χ0v) is 22.4. The van der Waals surface area contributed by atoms with E-state index in [9.17, 15) is 14.4 Å². The van der Waals surface area contributed by atoms with E-state index in [2.05, 4.69) is 20.6 Å². The second-order valence-electron chi connectivity index (χ2n) is 9.04. The molecule has 37 heavy (non-hydrogen) atoms. The molecule has 3 aromatic heterocycles. The summed E-state index contributed by atoms with van der Waals surface area (Å²) in [5.74, 6) is -0.569. The largest absolute Gasteiger partial charge is 0.389 e. The van der Waals surface area contributed by atoms with Gasteiger partial charge in [-0.15, -0.1) is 11.3 Å². The summed E-state index contributed by atoms with van der Waals surface area (Å²) in [7, 11) is 1.71. The lowest BCUT2D eigenvalue weighted by atomic mass is 10.0. The van der Waals surface area contributed by atoms with E-state index < -0.39 is 11.2 Å². The molecule has 0 aliphatic carbocycles. The van der Waals surface area contributed by atoms with Gasteiger partial charge in [0.1, 0.15) is 10.4 Å². The summed E-state index contributed by atoms with van der Waals surface area (Å²) in [6, 6.07) is 10.5. The number of halogens is 1. The first-order valence-corrected chi connectivity index (χ1v) is 12.7. The number of fused-ring (bicyclic) bond motifs is 1.